The summed E-state index contributed by atoms with van der Waals surface area (Å²) >= 11 is 3.48. The first-order valence-corrected chi connectivity index (χ1v) is 12.3. The van der Waals surface area contributed by atoms with Gasteiger partial charge >= 0.3 is 6.03 Å². The third kappa shape index (κ3) is 6.28. The molecule has 0 atom stereocenters. The summed E-state index contributed by atoms with van der Waals surface area (Å²) in [4.78, 5) is 49.3. The van der Waals surface area contributed by atoms with Gasteiger partial charge in [0.25, 0.3) is 17.5 Å². The molecular weight excluding hydrogens is 534 g/mol. The summed E-state index contributed by atoms with van der Waals surface area (Å²) in [5.74, 6) is -0.834. The Kier molecular flexibility index (Phi) is 9.18. The number of carbonyl (C=O) groups is 3. The van der Waals surface area contributed by atoms with Crippen LogP contribution in [0.4, 0.5) is 16.2 Å². The number of nitrogens with one attached hydrogen (secondary N) is 1. The fourth-order valence-electron chi connectivity index (χ4n) is 3.58. The first kappa shape index (κ1) is 26.9. The maximum Gasteiger partial charge on any atom is 0.335 e. The van der Waals surface area contributed by atoms with Gasteiger partial charge in [0.15, 0.2) is 11.5 Å². The van der Waals surface area contributed by atoms with E-state index in [-0.39, 0.29) is 16.9 Å². The lowest BCUT2D eigenvalue weighted by molar-refractivity contribution is -0.384. The quantitative estimate of drug-likeness (QED) is 0.128. The van der Waals surface area contributed by atoms with Crippen molar-refractivity contribution in [2.75, 3.05) is 18.1 Å². The van der Waals surface area contributed by atoms with E-state index in [1.54, 1.807) is 12.1 Å². The molecule has 2 aromatic rings. The first-order valence-electron chi connectivity index (χ1n) is 11.5. The number of hydrogen-bond acceptors (Lipinski definition) is 7. The average Bonchev–Trinajstić information content (AvgIpc) is 2.83. The van der Waals surface area contributed by atoms with Gasteiger partial charge in [0.05, 0.1) is 28.3 Å². The maximum absolute atomic E-state index is 13.2. The number of nitrogens with zero attached hydrogens (tertiary/aromatic N) is 2. The summed E-state index contributed by atoms with van der Waals surface area (Å²) in [5, 5.41) is 13.2. The highest BCUT2D eigenvalue weighted by Crippen LogP contribution is 2.38. The Morgan fingerprint density at radius 3 is 2.56 bits per heavy atom. The van der Waals surface area contributed by atoms with Gasteiger partial charge in [0.1, 0.15) is 5.57 Å². The fraction of sp³-hybridized carbons (Fsp3) is 0.320. The number of nitro benzene ring substituents is 1. The van der Waals surface area contributed by atoms with Crippen molar-refractivity contribution in [1.29, 1.82) is 0 Å². The van der Waals surface area contributed by atoms with Gasteiger partial charge < -0.3 is 9.47 Å². The Morgan fingerprint density at radius 1 is 1.08 bits per heavy atom. The minimum Gasteiger partial charge on any atom is -0.490 e. The average molecular weight is 560 g/mol. The third-order valence-corrected chi connectivity index (χ3v) is 5.88. The number of hydrogen-bond donors (Lipinski definition) is 1. The molecule has 11 heteroatoms. The summed E-state index contributed by atoms with van der Waals surface area (Å²) < 4.78 is 12.2. The Balaban J connectivity index is 1.93. The van der Waals surface area contributed by atoms with E-state index in [0.717, 1.165) is 31.7 Å². The summed E-state index contributed by atoms with van der Waals surface area (Å²) in [6.45, 7) is 4.84. The molecule has 1 fully saturated rings. The molecule has 1 saturated heterocycles. The minimum absolute atomic E-state index is 0.0342. The molecule has 4 amide bonds. The molecule has 0 unspecified atom stereocenters. The molecule has 1 heterocycles. The molecule has 36 heavy (non-hydrogen) atoms. The van der Waals surface area contributed by atoms with Crippen molar-refractivity contribution >= 4 is 51.2 Å². The number of barbiturate groups is 1. The summed E-state index contributed by atoms with van der Waals surface area (Å²) in [6, 6.07) is 7.35. The Morgan fingerprint density at radius 2 is 1.86 bits per heavy atom. The smallest absolute Gasteiger partial charge is 0.335 e. The Bertz CT molecular complexity index is 1210. The van der Waals surface area contributed by atoms with Gasteiger partial charge in [-0.3, -0.25) is 25.0 Å². The number of benzene rings is 2. The molecule has 1 aliphatic rings. The summed E-state index contributed by atoms with van der Waals surface area (Å²) in [5.41, 5.74) is -0.196. The van der Waals surface area contributed by atoms with Crippen molar-refractivity contribution in [2.24, 2.45) is 0 Å². The van der Waals surface area contributed by atoms with Crippen LogP contribution < -0.4 is 19.7 Å². The molecular formula is C25H26BrN3O7. The van der Waals surface area contributed by atoms with Crippen LogP contribution in [-0.4, -0.2) is 36.0 Å². The lowest BCUT2D eigenvalue weighted by Gasteiger charge is -2.26. The van der Waals surface area contributed by atoms with Crippen LogP contribution in [0.15, 0.2) is 46.4 Å². The molecule has 190 valence electrons. The van der Waals surface area contributed by atoms with Crippen LogP contribution in [-0.2, 0) is 9.59 Å². The molecule has 1 N–H and O–H groups in total. The molecule has 0 spiro atoms. The van der Waals surface area contributed by atoms with Crippen LogP contribution in [0.2, 0.25) is 0 Å². The van der Waals surface area contributed by atoms with E-state index in [1.165, 1.54) is 24.3 Å². The van der Waals surface area contributed by atoms with Gasteiger partial charge in [0, 0.05) is 12.1 Å². The second-order valence-electron chi connectivity index (χ2n) is 7.91. The normalized spacial score (nSPS) is 14.7. The van der Waals surface area contributed by atoms with Crippen molar-refractivity contribution < 1.29 is 28.8 Å². The molecule has 0 bridgehead atoms. The van der Waals surface area contributed by atoms with E-state index in [1.807, 2.05) is 6.92 Å². The van der Waals surface area contributed by atoms with Crippen molar-refractivity contribution in [3.8, 4) is 11.5 Å². The number of nitro groups is 1. The molecule has 0 aromatic heterocycles. The Hall–Kier alpha value is -3.73. The largest absolute Gasteiger partial charge is 0.490 e. The molecule has 10 nitrogen and oxygen atoms in total. The van der Waals surface area contributed by atoms with Crippen LogP contribution in [0.1, 0.15) is 45.1 Å². The predicted octanol–water partition coefficient (Wildman–Crippen LogP) is 5.38. The lowest BCUT2D eigenvalue weighted by Crippen LogP contribution is -2.54. The number of rotatable bonds is 11. The molecule has 0 saturated carbocycles. The molecule has 3 rings (SSSR count). The zero-order valence-corrected chi connectivity index (χ0v) is 21.5. The van der Waals surface area contributed by atoms with Crippen LogP contribution in [0.25, 0.3) is 6.08 Å². The van der Waals surface area contributed by atoms with Crippen molar-refractivity contribution in [2.45, 2.75) is 39.5 Å². The van der Waals surface area contributed by atoms with Crippen molar-refractivity contribution in [3.05, 3.63) is 62.1 Å². The molecule has 0 radical (unpaired) electrons. The first-order chi connectivity index (χ1) is 17.3. The van der Waals surface area contributed by atoms with Crippen LogP contribution in [0, 0.1) is 10.1 Å². The van der Waals surface area contributed by atoms with E-state index in [0.29, 0.717) is 39.6 Å². The van der Waals surface area contributed by atoms with Gasteiger partial charge in [-0.15, -0.1) is 0 Å². The number of non-ortho nitro benzene ring substituents is 1. The SMILES string of the molecule is CCCCCCOc1c(Br)cc(/C=C2/C(=O)NC(=O)N(c3cccc([N+](=O)[O-])c3)C2=O)cc1OCC. The highest BCUT2D eigenvalue weighted by Gasteiger charge is 2.37. The zero-order chi connectivity index (χ0) is 26.2. The predicted molar refractivity (Wildman–Crippen MR) is 137 cm³/mol. The zero-order valence-electron chi connectivity index (χ0n) is 19.9. The van der Waals surface area contributed by atoms with E-state index >= 15 is 0 Å². The highest BCUT2D eigenvalue weighted by atomic mass is 79.9. The molecule has 1 aliphatic heterocycles. The van der Waals surface area contributed by atoms with E-state index in [9.17, 15) is 24.5 Å². The number of urea groups is 1. The van der Waals surface area contributed by atoms with Gasteiger partial charge in [-0.1, -0.05) is 32.3 Å². The minimum atomic E-state index is -0.995. The van der Waals surface area contributed by atoms with Gasteiger partial charge in [-0.25, -0.2) is 9.69 Å². The summed E-state index contributed by atoms with van der Waals surface area (Å²) in [6.07, 6.45) is 5.52. The van der Waals surface area contributed by atoms with Crippen molar-refractivity contribution in [3.63, 3.8) is 0 Å². The highest BCUT2D eigenvalue weighted by molar-refractivity contribution is 9.10. The number of ether oxygens (including phenoxy) is 2. The molecule has 0 aliphatic carbocycles. The van der Waals surface area contributed by atoms with E-state index in [2.05, 4.69) is 28.2 Å². The van der Waals surface area contributed by atoms with E-state index < -0.39 is 22.8 Å². The van der Waals surface area contributed by atoms with Gasteiger partial charge in [-0.2, -0.15) is 0 Å². The van der Waals surface area contributed by atoms with Gasteiger partial charge in [0.2, 0.25) is 0 Å². The maximum atomic E-state index is 13.2. The monoisotopic (exact) mass is 559 g/mol. The van der Waals surface area contributed by atoms with Crippen molar-refractivity contribution in [1.82, 2.24) is 5.32 Å². The number of imide groups is 2. The number of anilines is 1. The van der Waals surface area contributed by atoms with Crippen LogP contribution >= 0.6 is 15.9 Å². The third-order valence-electron chi connectivity index (χ3n) is 5.29. The summed E-state index contributed by atoms with van der Waals surface area (Å²) in [7, 11) is 0. The number of halogens is 1. The molecule has 2 aromatic carbocycles. The number of unbranched alkanes of at least 4 members (excludes halogenated alkanes) is 3. The standard InChI is InChI=1S/C25H26BrN3O7/c1-3-5-6-7-11-36-22-20(26)13-16(14-21(22)35-4-2)12-19-23(30)27-25(32)28(24(19)31)17-9-8-10-18(15-17)29(33)34/h8-10,12-15H,3-7,11H2,1-2H3,(H,27,30,32)/b19-12-. The van der Waals surface area contributed by atoms with Crippen LogP contribution in [0.3, 0.4) is 0 Å². The lowest BCUT2D eigenvalue weighted by atomic mass is 10.1. The van der Waals surface area contributed by atoms with Gasteiger partial charge in [-0.05, 0) is 59.1 Å². The van der Waals surface area contributed by atoms with Crippen LogP contribution in [0.5, 0.6) is 11.5 Å². The Labute approximate surface area is 216 Å². The second kappa shape index (κ2) is 12.3. The fourth-order valence-corrected chi connectivity index (χ4v) is 4.16. The second-order valence-corrected chi connectivity index (χ2v) is 8.76. The topological polar surface area (TPSA) is 128 Å². The number of amides is 4. The number of carbonyl (C=O) groups excluding carboxylic acids is 3. The van der Waals surface area contributed by atoms with E-state index in [4.69, 9.17) is 9.47 Å².